The van der Waals surface area contributed by atoms with Gasteiger partial charge in [-0.25, -0.2) is 0 Å². The zero-order valence-electron chi connectivity index (χ0n) is 8.50. The Hall–Kier alpha value is -0.740. The lowest BCUT2D eigenvalue weighted by Gasteiger charge is -2.03. The van der Waals surface area contributed by atoms with Crippen molar-refractivity contribution in [2.24, 2.45) is 0 Å². The molecule has 0 aliphatic carbocycles. The first-order valence-electron chi connectivity index (χ1n) is 5.12. The fourth-order valence-electron chi connectivity index (χ4n) is 1.22. The van der Waals surface area contributed by atoms with Crippen molar-refractivity contribution >= 4 is 0 Å². The fraction of sp³-hybridized carbons (Fsp3) is 0.667. The summed E-state index contributed by atoms with van der Waals surface area (Å²) in [7, 11) is 0. The van der Waals surface area contributed by atoms with Crippen LogP contribution in [0.4, 0.5) is 0 Å². The van der Waals surface area contributed by atoms with E-state index in [0.717, 1.165) is 12.8 Å². The summed E-state index contributed by atoms with van der Waals surface area (Å²) in [5.41, 5.74) is 0. The molecule has 0 radical (unpaired) electrons. The number of unbranched alkanes of at least 4 members (excludes halogenated alkanes) is 4. The summed E-state index contributed by atoms with van der Waals surface area (Å²) >= 11 is 0. The molecular formula is C12H20O. The topological polar surface area (TPSA) is 20.2 Å². The van der Waals surface area contributed by atoms with Crippen molar-refractivity contribution in [1.82, 2.24) is 0 Å². The summed E-state index contributed by atoms with van der Waals surface area (Å²) in [6.07, 6.45) is 14.9. The predicted octanol–water partition coefficient (Wildman–Crippen LogP) is 2.90. The van der Waals surface area contributed by atoms with E-state index >= 15 is 0 Å². The molecule has 0 aromatic rings. The van der Waals surface area contributed by atoms with Gasteiger partial charge in [0.25, 0.3) is 0 Å². The maximum Gasteiger partial charge on any atom is 0.0730 e. The van der Waals surface area contributed by atoms with Crippen LogP contribution in [0.15, 0.2) is 12.2 Å². The second-order valence-electron chi connectivity index (χ2n) is 3.30. The van der Waals surface area contributed by atoms with Crippen molar-refractivity contribution in [1.29, 1.82) is 0 Å². The van der Waals surface area contributed by atoms with E-state index in [1.165, 1.54) is 25.7 Å². The largest absolute Gasteiger partial charge is 0.389 e. The van der Waals surface area contributed by atoms with Crippen LogP contribution in [0, 0.1) is 12.3 Å². The summed E-state index contributed by atoms with van der Waals surface area (Å²) < 4.78 is 0. The van der Waals surface area contributed by atoms with E-state index in [2.05, 4.69) is 12.8 Å². The number of aliphatic hydroxyl groups is 1. The van der Waals surface area contributed by atoms with Crippen LogP contribution in [0.25, 0.3) is 0 Å². The lowest BCUT2D eigenvalue weighted by atomic mass is 10.1. The van der Waals surface area contributed by atoms with Crippen LogP contribution >= 0.6 is 0 Å². The molecule has 0 heterocycles. The summed E-state index contributed by atoms with van der Waals surface area (Å²) in [6.45, 7) is 2.20. The van der Waals surface area contributed by atoms with Crippen LogP contribution in [0.5, 0.6) is 0 Å². The Bertz CT molecular complexity index is 164. The first kappa shape index (κ1) is 12.3. The van der Waals surface area contributed by atoms with Gasteiger partial charge in [-0.1, -0.05) is 44.9 Å². The predicted molar refractivity (Wildman–Crippen MR) is 57.4 cm³/mol. The number of terminal acetylenes is 1. The Morgan fingerprint density at radius 1 is 1.31 bits per heavy atom. The van der Waals surface area contributed by atoms with Gasteiger partial charge in [0.05, 0.1) is 6.10 Å². The van der Waals surface area contributed by atoms with Crippen LogP contribution in [0.3, 0.4) is 0 Å². The Kier molecular flexibility index (Phi) is 8.82. The Morgan fingerprint density at radius 2 is 2.00 bits per heavy atom. The summed E-state index contributed by atoms with van der Waals surface area (Å²) in [5, 5.41) is 9.35. The van der Waals surface area contributed by atoms with Gasteiger partial charge in [0.2, 0.25) is 0 Å². The third-order valence-electron chi connectivity index (χ3n) is 2.02. The number of rotatable bonds is 7. The van der Waals surface area contributed by atoms with E-state index < -0.39 is 0 Å². The van der Waals surface area contributed by atoms with E-state index in [0.29, 0.717) is 0 Å². The molecule has 0 unspecified atom stereocenters. The molecule has 0 rings (SSSR count). The molecule has 1 nitrogen and oxygen atoms in total. The van der Waals surface area contributed by atoms with Gasteiger partial charge in [-0.2, -0.15) is 0 Å². The minimum atomic E-state index is -0.349. The van der Waals surface area contributed by atoms with E-state index in [9.17, 15) is 5.11 Å². The van der Waals surface area contributed by atoms with Crippen LogP contribution in [0.1, 0.15) is 45.4 Å². The standard InChI is InChI=1S/C12H20O/c1-3-5-7-8-9-11-12(13)10-6-4-2/h2,6,10,12-13H,3,5,7-9,11H2,1H3/b10-6+/t12-/m1/s1. The molecular weight excluding hydrogens is 160 g/mol. The molecule has 0 aliphatic heterocycles. The van der Waals surface area contributed by atoms with Crippen LogP contribution in [-0.4, -0.2) is 11.2 Å². The minimum Gasteiger partial charge on any atom is -0.389 e. The highest BCUT2D eigenvalue weighted by atomic mass is 16.3. The zero-order valence-corrected chi connectivity index (χ0v) is 8.50. The summed E-state index contributed by atoms with van der Waals surface area (Å²) in [5.74, 6) is 2.37. The second kappa shape index (κ2) is 9.35. The first-order valence-corrected chi connectivity index (χ1v) is 5.12. The highest BCUT2D eigenvalue weighted by Gasteiger charge is 1.97. The van der Waals surface area contributed by atoms with Crippen molar-refractivity contribution < 1.29 is 5.11 Å². The van der Waals surface area contributed by atoms with Gasteiger partial charge in [-0.05, 0) is 18.6 Å². The minimum absolute atomic E-state index is 0.349. The van der Waals surface area contributed by atoms with Crippen LogP contribution in [-0.2, 0) is 0 Å². The monoisotopic (exact) mass is 180 g/mol. The maximum absolute atomic E-state index is 9.35. The fourth-order valence-corrected chi connectivity index (χ4v) is 1.22. The average Bonchev–Trinajstić information content (AvgIpc) is 2.14. The highest BCUT2D eigenvalue weighted by molar-refractivity contribution is 5.10. The molecule has 0 aliphatic rings. The Balaban J connectivity index is 3.22. The van der Waals surface area contributed by atoms with Crippen molar-refractivity contribution in [3.8, 4) is 12.3 Å². The van der Waals surface area contributed by atoms with Crippen LogP contribution < -0.4 is 0 Å². The molecule has 1 N–H and O–H groups in total. The molecule has 0 aromatic carbocycles. The molecule has 0 fully saturated rings. The molecule has 0 saturated heterocycles. The quantitative estimate of drug-likeness (QED) is 0.472. The Morgan fingerprint density at radius 3 is 2.62 bits per heavy atom. The van der Waals surface area contributed by atoms with E-state index in [4.69, 9.17) is 6.42 Å². The number of allylic oxidation sites excluding steroid dienone is 1. The first-order chi connectivity index (χ1) is 6.31. The highest BCUT2D eigenvalue weighted by Crippen LogP contribution is 2.07. The Labute approximate surface area is 81.9 Å². The van der Waals surface area contributed by atoms with Crippen LogP contribution in [0.2, 0.25) is 0 Å². The van der Waals surface area contributed by atoms with Crippen molar-refractivity contribution in [2.75, 3.05) is 0 Å². The number of aliphatic hydroxyl groups excluding tert-OH is 1. The molecule has 74 valence electrons. The van der Waals surface area contributed by atoms with Gasteiger partial charge < -0.3 is 5.11 Å². The smallest absolute Gasteiger partial charge is 0.0730 e. The lowest BCUT2D eigenvalue weighted by molar-refractivity contribution is 0.208. The van der Waals surface area contributed by atoms with E-state index in [1.54, 1.807) is 12.2 Å². The molecule has 13 heavy (non-hydrogen) atoms. The normalized spacial score (nSPS) is 13.0. The molecule has 1 atom stereocenters. The molecule has 0 spiro atoms. The summed E-state index contributed by atoms with van der Waals surface area (Å²) in [4.78, 5) is 0. The third kappa shape index (κ3) is 9.17. The molecule has 0 amide bonds. The second-order valence-corrected chi connectivity index (χ2v) is 3.30. The lowest BCUT2D eigenvalue weighted by Crippen LogP contribution is -2.01. The average molecular weight is 180 g/mol. The SMILES string of the molecule is C#C/C=C/[C@@H](O)CCCCCCC. The molecule has 0 saturated carbocycles. The van der Waals surface area contributed by atoms with Gasteiger partial charge in [-0.15, -0.1) is 6.42 Å². The zero-order chi connectivity index (χ0) is 9.94. The number of hydrogen-bond donors (Lipinski definition) is 1. The molecule has 1 heteroatoms. The van der Waals surface area contributed by atoms with Gasteiger partial charge in [-0.3, -0.25) is 0 Å². The van der Waals surface area contributed by atoms with Crippen molar-refractivity contribution in [2.45, 2.75) is 51.6 Å². The third-order valence-corrected chi connectivity index (χ3v) is 2.02. The number of hydrogen-bond acceptors (Lipinski definition) is 1. The van der Waals surface area contributed by atoms with Gasteiger partial charge in [0.15, 0.2) is 0 Å². The van der Waals surface area contributed by atoms with Gasteiger partial charge in [0.1, 0.15) is 0 Å². The summed E-state index contributed by atoms with van der Waals surface area (Å²) in [6, 6.07) is 0. The van der Waals surface area contributed by atoms with Gasteiger partial charge in [0, 0.05) is 0 Å². The van der Waals surface area contributed by atoms with Crippen molar-refractivity contribution in [3.05, 3.63) is 12.2 Å². The molecule has 0 bridgehead atoms. The van der Waals surface area contributed by atoms with E-state index in [-0.39, 0.29) is 6.10 Å². The maximum atomic E-state index is 9.35. The molecule has 0 aromatic heterocycles. The van der Waals surface area contributed by atoms with Crippen molar-refractivity contribution in [3.63, 3.8) is 0 Å². The van der Waals surface area contributed by atoms with E-state index in [1.807, 2.05) is 0 Å². The van der Waals surface area contributed by atoms with Gasteiger partial charge >= 0.3 is 0 Å².